The second-order valence-corrected chi connectivity index (χ2v) is 15.3. The Balaban J connectivity index is 1.10. The molecule has 0 bridgehead atoms. The number of benzene rings is 9. The van der Waals surface area contributed by atoms with Gasteiger partial charge in [0.15, 0.2) is 0 Å². The van der Waals surface area contributed by atoms with Gasteiger partial charge in [0.2, 0.25) is 0 Å². The van der Waals surface area contributed by atoms with Gasteiger partial charge in [-0.2, -0.15) is 0 Å². The van der Waals surface area contributed by atoms with Gasteiger partial charge in [0.05, 0.1) is 22.1 Å². The van der Waals surface area contributed by atoms with Crippen molar-refractivity contribution in [2.45, 2.75) is 0 Å². The highest BCUT2D eigenvalue weighted by Crippen LogP contribution is 2.42. The van der Waals surface area contributed by atoms with E-state index in [1.165, 1.54) is 82.5 Å². The Morgan fingerprint density at radius 1 is 0.310 bits per heavy atom. The highest BCUT2D eigenvalue weighted by molar-refractivity contribution is 6.90. The number of rotatable bonds is 5. The molecule has 2 aromatic heterocycles. The van der Waals surface area contributed by atoms with Gasteiger partial charge in [-0.1, -0.05) is 157 Å². The van der Waals surface area contributed by atoms with Crippen LogP contribution >= 0.6 is 0 Å². The molecule has 0 radical (unpaired) electrons. The zero-order chi connectivity index (χ0) is 38.2. The van der Waals surface area contributed by atoms with Gasteiger partial charge in [0, 0.05) is 49.9 Å². The van der Waals surface area contributed by atoms with Gasteiger partial charge < -0.3 is 13.9 Å². The summed E-state index contributed by atoms with van der Waals surface area (Å²) in [7, 11) is 0. The molecule has 0 saturated carbocycles. The van der Waals surface area contributed by atoms with E-state index in [2.05, 4.69) is 232 Å². The van der Waals surface area contributed by atoms with Crippen molar-refractivity contribution in [1.82, 2.24) is 9.13 Å². The summed E-state index contributed by atoms with van der Waals surface area (Å²) in [6.07, 6.45) is 0. The number of nitrogens with zero attached hydrogens (tertiary/aromatic N) is 3. The molecule has 1 aliphatic heterocycles. The van der Waals surface area contributed by atoms with E-state index < -0.39 is 0 Å². The Hall–Kier alpha value is -7.56. The zero-order valence-corrected chi connectivity index (χ0v) is 31.7. The minimum absolute atomic E-state index is 0.00269. The molecule has 11 aromatic rings. The van der Waals surface area contributed by atoms with Crippen LogP contribution in [0.5, 0.6) is 0 Å². The molecule has 9 aromatic carbocycles. The van der Waals surface area contributed by atoms with Crippen molar-refractivity contribution in [2.75, 3.05) is 4.81 Å². The number of anilines is 2. The zero-order valence-electron chi connectivity index (χ0n) is 31.7. The van der Waals surface area contributed by atoms with E-state index in [9.17, 15) is 0 Å². The lowest BCUT2D eigenvalue weighted by Crippen LogP contribution is -2.57. The molecule has 0 spiro atoms. The van der Waals surface area contributed by atoms with Crippen LogP contribution in [0.25, 0.3) is 77.2 Å². The monoisotopic (exact) mass is 737 g/mol. The maximum atomic E-state index is 2.54. The van der Waals surface area contributed by atoms with Gasteiger partial charge in [-0.05, 0) is 88.9 Å². The normalized spacial score (nSPS) is 12.4. The Morgan fingerprint density at radius 3 is 1.62 bits per heavy atom. The summed E-state index contributed by atoms with van der Waals surface area (Å²) in [5.41, 5.74) is 16.9. The molecule has 58 heavy (non-hydrogen) atoms. The molecule has 0 amide bonds. The molecule has 0 unspecified atom stereocenters. The van der Waals surface area contributed by atoms with Crippen molar-refractivity contribution in [2.24, 2.45) is 0 Å². The van der Waals surface area contributed by atoms with Crippen LogP contribution in [0.2, 0.25) is 0 Å². The number of para-hydroxylation sites is 3. The van der Waals surface area contributed by atoms with E-state index in [1.807, 2.05) is 0 Å². The third-order valence-corrected chi connectivity index (χ3v) is 12.1. The van der Waals surface area contributed by atoms with E-state index in [-0.39, 0.29) is 6.85 Å². The van der Waals surface area contributed by atoms with Gasteiger partial charge in [0.25, 0.3) is 0 Å². The predicted octanol–water partition coefficient (Wildman–Crippen LogP) is 12.5. The van der Waals surface area contributed by atoms with Crippen molar-refractivity contribution in [3.8, 4) is 33.6 Å². The molecule has 270 valence electrons. The second kappa shape index (κ2) is 13.0. The van der Waals surface area contributed by atoms with Crippen molar-refractivity contribution in [3.63, 3.8) is 0 Å². The Kier molecular flexibility index (Phi) is 7.33. The first kappa shape index (κ1) is 32.7. The number of hydrogen-bond donors (Lipinski definition) is 0. The van der Waals surface area contributed by atoms with Crippen LogP contribution in [0.1, 0.15) is 0 Å². The quantitative estimate of drug-likeness (QED) is 0.160. The fourth-order valence-electron chi connectivity index (χ4n) is 9.64. The molecule has 0 atom stereocenters. The molecule has 0 aliphatic carbocycles. The van der Waals surface area contributed by atoms with E-state index in [0.29, 0.717) is 0 Å². The molecule has 3 heterocycles. The number of fused-ring (bicyclic) bond motifs is 9. The summed E-state index contributed by atoms with van der Waals surface area (Å²) < 4.78 is 4.88. The lowest BCUT2D eigenvalue weighted by Gasteiger charge is -2.39. The van der Waals surface area contributed by atoms with Crippen molar-refractivity contribution in [3.05, 3.63) is 218 Å². The van der Waals surface area contributed by atoms with Crippen LogP contribution in [0, 0.1) is 0 Å². The van der Waals surface area contributed by atoms with E-state index >= 15 is 0 Å². The molecular weight excluding hydrogens is 701 g/mol. The summed E-state index contributed by atoms with van der Waals surface area (Å²) in [6.45, 7) is 0.00269. The first-order valence-corrected chi connectivity index (χ1v) is 20.1. The SMILES string of the molecule is c1ccc(B2c3ccccc3-c3ccccc3N2c2cccc(-n3c4ccc(-c5ccccc5)cc4c4cc(-n5c6ccccc6c6ccccc65)ccc43)c2)cc1. The summed E-state index contributed by atoms with van der Waals surface area (Å²) in [4.78, 5) is 2.54. The van der Waals surface area contributed by atoms with Crippen molar-refractivity contribution >= 4 is 72.8 Å². The fraction of sp³-hybridized carbons (Fsp3) is 0. The highest BCUT2D eigenvalue weighted by atomic mass is 15.1. The molecule has 12 rings (SSSR count). The number of hydrogen-bond acceptors (Lipinski definition) is 1. The molecular formula is C54H36BN3. The predicted molar refractivity (Wildman–Crippen MR) is 246 cm³/mol. The Morgan fingerprint density at radius 2 is 0.862 bits per heavy atom. The van der Waals surface area contributed by atoms with E-state index in [1.54, 1.807) is 0 Å². The standard InChI is InChI=1S/C54H36BN3/c1-3-16-37(17-4-1)38-30-32-52-47(34-38)48-36-41(57-50-27-12-8-24-45(50)46-25-9-13-28-51(46)57)31-33-53(48)56(52)40-20-15-21-42(35-40)58-54-29-14-10-23-44(54)43-22-7-11-26-49(43)55(58)39-18-5-2-6-19-39/h1-36H. The molecule has 3 nitrogen and oxygen atoms in total. The van der Waals surface area contributed by atoms with Gasteiger partial charge in [-0.15, -0.1) is 0 Å². The average molecular weight is 738 g/mol. The van der Waals surface area contributed by atoms with Crippen LogP contribution in [-0.4, -0.2) is 16.0 Å². The lowest BCUT2D eigenvalue weighted by atomic mass is 9.46. The van der Waals surface area contributed by atoms with Crippen LogP contribution in [0.3, 0.4) is 0 Å². The van der Waals surface area contributed by atoms with Gasteiger partial charge >= 0.3 is 6.85 Å². The van der Waals surface area contributed by atoms with Gasteiger partial charge in [0.1, 0.15) is 0 Å². The molecule has 0 N–H and O–H groups in total. The highest BCUT2D eigenvalue weighted by Gasteiger charge is 2.37. The summed E-state index contributed by atoms with van der Waals surface area (Å²) in [5.74, 6) is 0. The molecule has 1 aliphatic rings. The first-order valence-electron chi connectivity index (χ1n) is 20.1. The fourth-order valence-corrected chi connectivity index (χ4v) is 9.64. The average Bonchev–Trinajstić information content (AvgIpc) is 3.81. The van der Waals surface area contributed by atoms with Crippen molar-refractivity contribution < 1.29 is 0 Å². The van der Waals surface area contributed by atoms with Crippen LogP contribution < -0.4 is 15.7 Å². The number of aromatic nitrogens is 2. The summed E-state index contributed by atoms with van der Waals surface area (Å²) in [6, 6.07) is 80.0. The molecule has 4 heteroatoms. The minimum atomic E-state index is 0.00269. The minimum Gasteiger partial charge on any atom is -0.376 e. The third-order valence-electron chi connectivity index (χ3n) is 12.1. The van der Waals surface area contributed by atoms with Crippen LogP contribution in [0.4, 0.5) is 11.4 Å². The maximum Gasteiger partial charge on any atom is 0.328 e. The van der Waals surface area contributed by atoms with Crippen LogP contribution in [0.15, 0.2) is 218 Å². The van der Waals surface area contributed by atoms with Crippen molar-refractivity contribution in [1.29, 1.82) is 0 Å². The lowest BCUT2D eigenvalue weighted by molar-refractivity contribution is 1.16. The second-order valence-electron chi connectivity index (χ2n) is 15.3. The maximum absolute atomic E-state index is 2.54. The molecule has 0 saturated heterocycles. The first-order chi connectivity index (χ1) is 28.8. The topological polar surface area (TPSA) is 13.1 Å². The largest absolute Gasteiger partial charge is 0.376 e. The Labute approximate surface area is 337 Å². The van der Waals surface area contributed by atoms with Gasteiger partial charge in [-0.25, -0.2) is 0 Å². The van der Waals surface area contributed by atoms with E-state index in [4.69, 9.17) is 0 Å². The Bertz CT molecular complexity index is 3310. The molecule has 0 fully saturated rings. The summed E-state index contributed by atoms with van der Waals surface area (Å²) in [5, 5.41) is 4.97. The summed E-state index contributed by atoms with van der Waals surface area (Å²) >= 11 is 0. The van der Waals surface area contributed by atoms with Gasteiger partial charge in [-0.3, -0.25) is 0 Å². The van der Waals surface area contributed by atoms with E-state index in [0.717, 1.165) is 17.1 Å². The third kappa shape index (κ3) is 4.95. The smallest absolute Gasteiger partial charge is 0.328 e. The van der Waals surface area contributed by atoms with Crippen LogP contribution in [-0.2, 0) is 0 Å².